The van der Waals surface area contributed by atoms with Crippen LogP contribution in [0.15, 0.2) is 0 Å². The van der Waals surface area contributed by atoms with Crippen LogP contribution < -0.4 is 0 Å². The van der Waals surface area contributed by atoms with Crippen molar-refractivity contribution >= 4 is 87.7 Å². The molecule has 0 saturated heterocycles. The quantitative estimate of drug-likeness (QED) is 0.259. The Labute approximate surface area is 100 Å². The Hall–Kier alpha value is 1.66. The average molecular weight is 158 g/mol. The summed E-state index contributed by atoms with van der Waals surface area (Å²) in [6.07, 6.45) is -0.167. The second-order valence-electron chi connectivity index (χ2n) is 0.456. The standard InChI is InChI=1S/C2H2O3.2Ca.4H/c3-1-2(4)5;;;;;;/h1H,(H,4,5);;;;;;. The fourth-order valence-corrected chi connectivity index (χ4v) is 0. The summed E-state index contributed by atoms with van der Waals surface area (Å²) >= 11 is 0. The van der Waals surface area contributed by atoms with Gasteiger partial charge in [-0.05, 0) is 0 Å². The van der Waals surface area contributed by atoms with E-state index in [1.54, 1.807) is 0 Å². The summed E-state index contributed by atoms with van der Waals surface area (Å²) in [4.78, 5) is 17.9. The van der Waals surface area contributed by atoms with Crippen molar-refractivity contribution in [2.45, 2.75) is 0 Å². The Morgan fingerprint density at radius 2 is 1.57 bits per heavy atom. The van der Waals surface area contributed by atoms with Crippen molar-refractivity contribution in [3.05, 3.63) is 0 Å². The van der Waals surface area contributed by atoms with Crippen molar-refractivity contribution in [3.63, 3.8) is 0 Å². The molecule has 0 bridgehead atoms. The molecule has 0 saturated carbocycles. The third-order valence-corrected chi connectivity index (χ3v) is 0.101. The number of hydrogen-bond acceptors (Lipinski definition) is 2. The first-order valence-electron chi connectivity index (χ1n) is 0.952. The predicted molar refractivity (Wildman–Crippen MR) is 30.8 cm³/mol. The number of hydrogen-bond donors (Lipinski definition) is 1. The van der Waals surface area contributed by atoms with E-state index in [4.69, 9.17) is 14.7 Å². The first-order chi connectivity index (χ1) is 2.27. The van der Waals surface area contributed by atoms with Crippen LogP contribution in [0.25, 0.3) is 0 Å². The van der Waals surface area contributed by atoms with Gasteiger partial charge in [0.25, 0.3) is 0 Å². The van der Waals surface area contributed by atoms with Gasteiger partial charge >= 0.3 is 81.4 Å². The molecule has 0 aromatic rings. The SMILES string of the molecule is O=CC(=O)O.[CaH2].[CaH2]. The monoisotopic (exact) mass is 158 g/mol. The number of carbonyl (C=O) groups excluding carboxylic acids is 1. The molecule has 0 spiro atoms. The van der Waals surface area contributed by atoms with E-state index in [2.05, 4.69) is 0 Å². The number of carboxylic acid groups (broad SMARTS) is 1. The van der Waals surface area contributed by atoms with Crippen molar-refractivity contribution in [1.29, 1.82) is 0 Å². The molecule has 0 aromatic heterocycles. The van der Waals surface area contributed by atoms with Gasteiger partial charge in [-0.1, -0.05) is 0 Å². The van der Waals surface area contributed by atoms with Gasteiger partial charge in [-0.25, -0.2) is 4.79 Å². The normalized spacial score (nSPS) is 4.57. The molecule has 7 heavy (non-hydrogen) atoms. The van der Waals surface area contributed by atoms with E-state index < -0.39 is 5.97 Å². The zero-order valence-electron chi connectivity index (χ0n) is 2.34. The van der Waals surface area contributed by atoms with Crippen molar-refractivity contribution in [1.82, 2.24) is 0 Å². The second kappa shape index (κ2) is 10.6. The van der Waals surface area contributed by atoms with E-state index >= 15 is 0 Å². The van der Waals surface area contributed by atoms with E-state index in [0.29, 0.717) is 0 Å². The van der Waals surface area contributed by atoms with Crippen molar-refractivity contribution in [2.24, 2.45) is 0 Å². The molecule has 5 heteroatoms. The summed E-state index contributed by atoms with van der Waals surface area (Å²) in [5, 5.41) is 7.35. The molecular weight excluding hydrogens is 152 g/mol. The van der Waals surface area contributed by atoms with Gasteiger partial charge in [-0.2, -0.15) is 0 Å². The molecule has 0 amide bonds. The summed E-state index contributed by atoms with van der Waals surface area (Å²) in [5.74, 6) is -1.43. The molecule has 0 aliphatic heterocycles. The van der Waals surface area contributed by atoms with Crippen LogP contribution in [-0.2, 0) is 9.59 Å². The van der Waals surface area contributed by atoms with Crippen LogP contribution in [0.3, 0.4) is 0 Å². The van der Waals surface area contributed by atoms with Gasteiger partial charge in [0.05, 0.1) is 0 Å². The Morgan fingerprint density at radius 3 is 1.57 bits per heavy atom. The van der Waals surface area contributed by atoms with E-state index in [0.717, 1.165) is 0 Å². The Morgan fingerprint density at radius 1 is 1.43 bits per heavy atom. The molecule has 0 heterocycles. The van der Waals surface area contributed by atoms with Gasteiger partial charge in [0, 0.05) is 0 Å². The van der Waals surface area contributed by atoms with Crippen LogP contribution in [-0.4, -0.2) is 92.8 Å². The fourth-order valence-electron chi connectivity index (χ4n) is 0. The summed E-state index contributed by atoms with van der Waals surface area (Å²) in [5.41, 5.74) is 0. The van der Waals surface area contributed by atoms with Crippen LogP contribution in [0.1, 0.15) is 0 Å². The predicted octanol–water partition coefficient (Wildman–Crippen LogP) is -2.56. The van der Waals surface area contributed by atoms with Gasteiger partial charge in [0.15, 0.2) is 0 Å². The van der Waals surface area contributed by atoms with Crippen molar-refractivity contribution in [2.75, 3.05) is 0 Å². The minimum absolute atomic E-state index is 0. The minimum atomic E-state index is -1.43. The van der Waals surface area contributed by atoms with Gasteiger partial charge in [0.1, 0.15) is 0 Å². The molecule has 36 valence electrons. The third kappa shape index (κ3) is 18.3. The van der Waals surface area contributed by atoms with Crippen LogP contribution >= 0.6 is 0 Å². The van der Waals surface area contributed by atoms with E-state index in [9.17, 15) is 0 Å². The first-order valence-corrected chi connectivity index (χ1v) is 0.952. The van der Waals surface area contributed by atoms with Crippen LogP contribution in [0.5, 0.6) is 0 Å². The summed E-state index contributed by atoms with van der Waals surface area (Å²) < 4.78 is 0. The molecule has 0 aliphatic rings. The summed E-state index contributed by atoms with van der Waals surface area (Å²) in [7, 11) is 0. The average Bonchev–Trinajstić information content (AvgIpc) is 1.38. The molecule has 0 aliphatic carbocycles. The summed E-state index contributed by atoms with van der Waals surface area (Å²) in [6.45, 7) is 0. The number of carboxylic acids is 1. The van der Waals surface area contributed by atoms with Crippen LogP contribution in [0, 0.1) is 0 Å². The molecule has 3 nitrogen and oxygen atoms in total. The molecular formula is C2H6Ca2O3. The second-order valence-corrected chi connectivity index (χ2v) is 0.456. The van der Waals surface area contributed by atoms with Crippen LogP contribution in [0.4, 0.5) is 0 Å². The van der Waals surface area contributed by atoms with Gasteiger partial charge in [-0.3, -0.25) is 4.79 Å². The molecule has 0 aromatic carbocycles. The van der Waals surface area contributed by atoms with E-state index in [1.807, 2.05) is 0 Å². The molecule has 1 N–H and O–H groups in total. The van der Waals surface area contributed by atoms with Crippen molar-refractivity contribution in [3.8, 4) is 0 Å². The summed E-state index contributed by atoms with van der Waals surface area (Å²) in [6, 6.07) is 0. The number of rotatable bonds is 1. The molecule has 0 radical (unpaired) electrons. The maximum atomic E-state index is 9.00. The van der Waals surface area contributed by atoms with Gasteiger partial charge in [0.2, 0.25) is 6.29 Å². The fraction of sp³-hybridized carbons (Fsp3) is 0. The van der Waals surface area contributed by atoms with E-state index in [-0.39, 0.29) is 81.8 Å². The van der Waals surface area contributed by atoms with Gasteiger partial charge in [-0.15, -0.1) is 0 Å². The number of aliphatic carboxylic acids is 1. The number of carbonyl (C=O) groups is 2. The zero-order chi connectivity index (χ0) is 4.28. The van der Waals surface area contributed by atoms with Crippen LogP contribution in [0.2, 0.25) is 0 Å². The Kier molecular flexibility index (Phi) is 24.0. The molecule has 0 rings (SSSR count). The Bertz CT molecular complexity index is 62.0. The first kappa shape index (κ1) is 15.9. The third-order valence-electron chi connectivity index (χ3n) is 0.101. The molecule has 0 atom stereocenters. The maximum absolute atomic E-state index is 9.00. The van der Waals surface area contributed by atoms with E-state index in [1.165, 1.54) is 0 Å². The molecule has 0 unspecified atom stereocenters. The Balaban J connectivity index is -0.0000000800. The number of aldehydes is 1. The van der Waals surface area contributed by atoms with Crippen molar-refractivity contribution < 1.29 is 14.7 Å². The zero-order valence-corrected chi connectivity index (χ0v) is 2.34. The topological polar surface area (TPSA) is 54.4 Å². The molecule has 0 fully saturated rings. The van der Waals surface area contributed by atoms with Gasteiger partial charge < -0.3 is 5.11 Å².